The van der Waals surface area contributed by atoms with Crippen LogP contribution in [0.3, 0.4) is 0 Å². The molecule has 2 N–H and O–H groups in total. The zero-order chi connectivity index (χ0) is 7.90. The van der Waals surface area contributed by atoms with E-state index in [4.69, 9.17) is 0 Å². The third kappa shape index (κ3) is 0.854. The summed E-state index contributed by atoms with van der Waals surface area (Å²) in [5, 5.41) is 5.62. The second-order valence-corrected chi connectivity index (χ2v) is 3.22. The Bertz CT molecular complexity index is 197. The van der Waals surface area contributed by atoms with E-state index in [0.717, 1.165) is 0 Å². The van der Waals surface area contributed by atoms with Gasteiger partial charge in [0.25, 0.3) is 5.91 Å². The van der Waals surface area contributed by atoms with Gasteiger partial charge >= 0.3 is 0 Å². The predicted molar refractivity (Wildman–Crippen MR) is 37.8 cm³/mol. The highest BCUT2D eigenvalue weighted by molar-refractivity contribution is 5.88. The Morgan fingerprint density at radius 3 is 3.09 bits per heavy atom. The molecule has 0 bridgehead atoms. The van der Waals surface area contributed by atoms with Crippen molar-refractivity contribution < 1.29 is 9.18 Å². The van der Waals surface area contributed by atoms with E-state index in [2.05, 4.69) is 10.6 Å². The third-order valence-corrected chi connectivity index (χ3v) is 2.59. The summed E-state index contributed by atoms with van der Waals surface area (Å²) in [6.45, 7) is 1.72. The minimum atomic E-state index is -1.56. The van der Waals surface area contributed by atoms with Gasteiger partial charge in [-0.2, -0.15) is 0 Å². The normalized spacial score (nSPS) is 43.4. The summed E-state index contributed by atoms with van der Waals surface area (Å²) in [5.74, 6) is -0.562. The van der Waals surface area contributed by atoms with Gasteiger partial charge in [0.05, 0.1) is 0 Å². The summed E-state index contributed by atoms with van der Waals surface area (Å²) in [4.78, 5) is 11.0. The van der Waals surface area contributed by atoms with Crippen LogP contribution < -0.4 is 10.6 Å². The van der Waals surface area contributed by atoms with E-state index in [9.17, 15) is 9.18 Å². The number of piperidine rings is 1. The second-order valence-electron chi connectivity index (χ2n) is 3.22. The number of hydrogen-bond acceptors (Lipinski definition) is 2. The largest absolute Gasteiger partial charge is 0.353 e. The predicted octanol–water partition coefficient (Wildman–Crippen LogP) is -0.566. The Morgan fingerprint density at radius 2 is 2.36 bits per heavy atom. The van der Waals surface area contributed by atoms with Crippen LogP contribution in [0.2, 0.25) is 0 Å². The van der Waals surface area contributed by atoms with E-state index in [-0.39, 0.29) is 5.92 Å². The van der Waals surface area contributed by atoms with Gasteiger partial charge in [-0.1, -0.05) is 0 Å². The first-order valence-electron chi connectivity index (χ1n) is 3.91. The van der Waals surface area contributed by atoms with E-state index in [1.165, 1.54) is 0 Å². The summed E-state index contributed by atoms with van der Waals surface area (Å²) < 4.78 is 13.7. The number of hydrogen-bond donors (Lipinski definition) is 2. The molecule has 2 rings (SSSR count). The summed E-state index contributed by atoms with van der Waals surface area (Å²) in [6.07, 6.45) is 0.323. The third-order valence-electron chi connectivity index (χ3n) is 2.59. The van der Waals surface area contributed by atoms with E-state index in [0.29, 0.717) is 26.1 Å². The monoisotopic (exact) mass is 158 g/mol. The number of halogens is 1. The van der Waals surface area contributed by atoms with Gasteiger partial charge in [0.2, 0.25) is 0 Å². The molecule has 1 amide bonds. The topological polar surface area (TPSA) is 41.1 Å². The fraction of sp³-hybridized carbons (Fsp3) is 0.857. The summed E-state index contributed by atoms with van der Waals surface area (Å²) in [5.41, 5.74) is -1.56. The van der Waals surface area contributed by atoms with Crippen molar-refractivity contribution in [2.75, 3.05) is 19.6 Å². The molecule has 0 saturated carbocycles. The lowest BCUT2D eigenvalue weighted by molar-refractivity contribution is -0.131. The minimum Gasteiger partial charge on any atom is -0.353 e. The molecule has 0 aliphatic carbocycles. The molecular formula is C7H11FN2O. The number of amides is 1. The van der Waals surface area contributed by atoms with Crippen LogP contribution in [0.1, 0.15) is 6.42 Å². The van der Waals surface area contributed by atoms with Gasteiger partial charge in [-0.25, -0.2) is 4.39 Å². The molecule has 2 aliphatic heterocycles. The van der Waals surface area contributed by atoms with Crippen LogP contribution in [0.25, 0.3) is 0 Å². The molecule has 0 unspecified atom stereocenters. The van der Waals surface area contributed by atoms with Crippen LogP contribution in [0, 0.1) is 5.92 Å². The van der Waals surface area contributed by atoms with Gasteiger partial charge < -0.3 is 10.6 Å². The quantitative estimate of drug-likeness (QED) is 0.496. The smallest absolute Gasteiger partial charge is 0.258 e. The standard InChI is InChI=1S/C7H11FN2O/c8-7-1-2-9-3-5(7)4-10-6(7)11/h5,9H,1-4H2,(H,10,11)/t5-,7+/m0/s1. The fourth-order valence-electron chi connectivity index (χ4n) is 1.81. The van der Waals surface area contributed by atoms with E-state index in [1.807, 2.05) is 0 Å². The first-order chi connectivity index (χ1) is 5.23. The lowest BCUT2D eigenvalue weighted by Crippen LogP contribution is -2.48. The molecule has 2 saturated heterocycles. The van der Waals surface area contributed by atoms with Gasteiger partial charge in [0.1, 0.15) is 0 Å². The Morgan fingerprint density at radius 1 is 1.55 bits per heavy atom. The number of rotatable bonds is 0. The van der Waals surface area contributed by atoms with E-state index >= 15 is 0 Å². The van der Waals surface area contributed by atoms with Crippen molar-refractivity contribution in [3.63, 3.8) is 0 Å². The average molecular weight is 158 g/mol. The maximum Gasteiger partial charge on any atom is 0.258 e. The number of fused-ring (bicyclic) bond motifs is 1. The number of nitrogens with one attached hydrogen (secondary N) is 2. The van der Waals surface area contributed by atoms with Crippen molar-refractivity contribution >= 4 is 5.91 Å². The van der Waals surface area contributed by atoms with Crippen molar-refractivity contribution in [3.05, 3.63) is 0 Å². The first-order valence-corrected chi connectivity index (χ1v) is 3.91. The molecule has 4 heteroatoms. The summed E-state index contributed by atoms with van der Waals surface area (Å²) >= 11 is 0. The summed E-state index contributed by atoms with van der Waals surface area (Å²) in [7, 11) is 0. The number of carbonyl (C=O) groups is 1. The summed E-state index contributed by atoms with van der Waals surface area (Å²) in [6, 6.07) is 0. The lowest BCUT2D eigenvalue weighted by atomic mass is 9.86. The van der Waals surface area contributed by atoms with Crippen LogP contribution >= 0.6 is 0 Å². The maximum absolute atomic E-state index is 13.7. The van der Waals surface area contributed by atoms with Gasteiger partial charge in [-0.15, -0.1) is 0 Å². The molecule has 0 aromatic rings. The minimum absolute atomic E-state index is 0.149. The van der Waals surface area contributed by atoms with Crippen molar-refractivity contribution in [1.29, 1.82) is 0 Å². The van der Waals surface area contributed by atoms with E-state index in [1.54, 1.807) is 0 Å². The van der Waals surface area contributed by atoms with Gasteiger partial charge in [0.15, 0.2) is 5.67 Å². The molecule has 62 valence electrons. The molecule has 0 spiro atoms. The molecule has 0 aromatic heterocycles. The molecular weight excluding hydrogens is 147 g/mol. The molecule has 2 fully saturated rings. The van der Waals surface area contributed by atoms with Crippen LogP contribution in [0.15, 0.2) is 0 Å². The van der Waals surface area contributed by atoms with Gasteiger partial charge in [-0.3, -0.25) is 4.79 Å². The van der Waals surface area contributed by atoms with Gasteiger partial charge in [0, 0.05) is 25.4 Å². The van der Waals surface area contributed by atoms with E-state index < -0.39 is 11.6 Å². The van der Waals surface area contributed by atoms with Crippen LogP contribution in [0.4, 0.5) is 4.39 Å². The highest BCUT2D eigenvalue weighted by atomic mass is 19.1. The molecule has 2 atom stereocenters. The van der Waals surface area contributed by atoms with Crippen molar-refractivity contribution in [2.24, 2.45) is 5.92 Å². The Balaban J connectivity index is 2.23. The lowest BCUT2D eigenvalue weighted by Gasteiger charge is -2.29. The molecule has 2 heterocycles. The molecule has 3 nitrogen and oxygen atoms in total. The highest BCUT2D eigenvalue weighted by Crippen LogP contribution is 2.32. The van der Waals surface area contributed by atoms with Crippen molar-refractivity contribution in [1.82, 2.24) is 10.6 Å². The molecule has 2 aliphatic rings. The molecule has 0 aromatic carbocycles. The highest BCUT2D eigenvalue weighted by Gasteiger charge is 2.51. The van der Waals surface area contributed by atoms with Crippen LogP contribution in [-0.4, -0.2) is 31.2 Å². The zero-order valence-corrected chi connectivity index (χ0v) is 6.19. The van der Waals surface area contributed by atoms with Crippen molar-refractivity contribution in [3.8, 4) is 0 Å². The second kappa shape index (κ2) is 2.17. The maximum atomic E-state index is 13.7. The van der Waals surface area contributed by atoms with Crippen molar-refractivity contribution in [2.45, 2.75) is 12.1 Å². The van der Waals surface area contributed by atoms with Gasteiger partial charge in [-0.05, 0) is 6.54 Å². The zero-order valence-electron chi connectivity index (χ0n) is 6.19. The SMILES string of the molecule is O=C1NC[C@@H]2CNCC[C@]12F. The number of carbonyl (C=O) groups excluding carboxylic acids is 1. The Hall–Kier alpha value is -0.640. The average Bonchev–Trinajstić information content (AvgIpc) is 2.29. The molecule has 11 heavy (non-hydrogen) atoms. The number of alkyl halides is 1. The fourth-order valence-corrected chi connectivity index (χ4v) is 1.81. The molecule has 0 radical (unpaired) electrons. The Labute approximate surface area is 64.3 Å². The van der Waals surface area contributed by atoms with Crippen LogP contribution in [0.5, 0.6) is 0 Å². The van der Waals surface area contributed by atoms with Crippen LogP contribution in [-0.2, 0) is 4.79 Å². The first kappa shape index (κ1) is 7.03. The Kier molecular flexibility index (Phi) is 1.39.